The van der Waals surface area contributed by atoms with E-state index in [0.29, 0.717) is 18.4 Å². The Labute approximate surface area is 125 Å². The van der Waals surface area contributed by atoms with Gasteiger partial charge in [0.05, 0.1) is 19.1 Å². The summed E-state index contributed by atoms with van der Waals surface area (Å²) in [5.74, 6) is 0.981. The average Bonchev–Trinajstić information content (AvgIpc) is 2.46. The maximum absolute atomic E-state index is 10.4. The minimum absolute atomic E-state index is 0.148. The molecule has 0 saturated carbocycles. The van der Waals surface area contributed by atoms with Crippen molar-refractivity contribution in [3.8, 4) is 0 Å². The van der Waals surface area contributed by atoms with Gasteiger partial charge >= 0.3 is 0 Å². The molecule has 0 aromatic heterocycles. The van der Waals surface area contributed by atoms with Crippen LogP contribution in [0.15, 0.2) is 15.0 Å². The van der Waals surface area contributed by atoms with Crippen molar-refractivity contribution >= 4 is 18.2 Å². The third-order valence-corrected chi connectivity index (χ3v) is 3.61. The van der Waals surface area contributed by atoms with Gasteiger partial charge in [0.2, 0.25) is 18.2 Å². The van der Waals surface area contributed by atoms with E-state index in [1.165, 1.54) is 12.2 Å². The summed E-state index contributed by atoms with van der Waals surface area (Å²) in [4.78, 5) is 41.4. The second-order valence-electron chi connectivity index (χ2n) is 5.65. The van der Waals surface area contributed by atoms with Crippen molar-refractivity contribution in [2.75, 3.05) is 13.1 Å². The lowest BCUT2D eigenvalue weighted by molar-refractivity contribution is 0.341. The maximum atomic E-state index is 10.4. The summed E-state index contributed by atoms with van der Waals surface area (Å²) >= 11 is 0. The van der Waals surface area contributed by atoms with Crippen molar-refractivity contribution in [3.05, 3.63) is 0 Å². The molecule has 0 heterocycles. The summed E-state index contributed by atoms with van der Waals surface area (Å²) in [6.45, 7) is 6.88. The number of hydrogen-bond donors (Lipinski definition) is 0. The predicted molar refractivity (Wildman–Crippen MR) is 79.2 cm³/mol. The van der Waals surface area contributed by atoms with Gasteiger partial charge in [-0.15, -0.1) is 0 Å². The lowest BCUT2D eigenvalue weighted by Gasteiger charge is -2.20. The highest BCUT2D eigenvalue weighted by atomic mass is 16.1. The SMILES string of the molecule is CC(CCC(C)C(CN=C=O)N=C=O)CC(C)CN=C=O. The molecule has 0 rings (SSSR count). The molecule has 4 unspecified atom stereocenters. The molecule has 0 amide bonds. The van der Waals surface area contributed by atoms with Crippen LogP contribution in [0.2, 0.25) is 0 Å². The third-order valence-electron chi connectivity index (χ3n) is 3.61. The first-order valence-electron chi connectivity index (χ1n) is 7.19. The molecule has 0 saturated heterocycles. The Balaban J connectivity index is 4.24. The molecule has 6 nitrogen and oxygen atoms in total. The summed E-state index contributed by atoms with van der Waals surface area (Å²) in [7, 11) is 0. The van der Waals surface area contributed by atoms with E-state index in [2.05, 4.69) is 28.8 Å². The second kappa shape index (κ2) is 11.9. The van der Waals surface area contributed by atoms with Crippen LogP contribution >= 0.6 is 0 Å². The first kappa shape index (κ1) is 19.1. The number of isocyanates is 3. The molecule has 0 aromatic rings. The largest absolute Gasteiger partial charge is 0.235 e. The monoisotopic (exact) mass is 293 g/mol. The van der Waals surface area contributed by atoms with E-state index >= 15 is 0 Å². The molecule has 0 aliphatic rings. The zero-order valence-corrected chi connectivity index (χ0v) is 12.9. The summed E-state index contributed by atoms with van der Waals surface area (Å²) in [6, 6.07) is -0.312. The fraction of sp³-hybridized carbons (Fsp3) is 0.800. The first-order chi connectivity index (χ1) is 10.0. The first-order valence-corrected chi connectivity index (χ1v) is 7.19. The quantitative estimate of drug-likeness (QED) is 0.433. The van der Waals surface area contributed by atoms with E-state index in [4.69, 9.17) is 0 Å². The van der Waals surface area contributed by atoms with Crippen LogP contribution in [0.25, 0.3) is 0 Å². The van der Waals surface area contributed by atoms with E-state index in [9.17, 15) is 14.4 Å². The van der Waals surface area contributed by atoms with E-state index in [0.717, 1.165) is 19.3 Å². The van der Waals surface area contributed by atoms with Crippen molar-refractivity contribution in [1.82, 2.24) is 0 Å². The fourth-order valence-corrected chi connectivity index (χ4v) is 2.36. The molecule has 0 fully saturated rings. The summed E-state index contributed by atoms with van der Waals surface area (Å²) in [5.41, 5.74) is 0. The molecule has 4 atom stereocenters. The minimum atomic E-state index is -0.312. The summed E-state index contributed by atoms with van der Waals surface area (Å²) < 4.78 is 0. The standard InChI is InChI=1S/C15H23N3O3/c1-12(6-13(2)7-16-9-19)4-5-14(3)15(18-11-21)8-17-10-20/h12-15H,4-8H2,1-3H3. The molecule has 0 bridgehead atoms. The molecule has 0 aromatic carbocycles. The fourth-order valence-electron chi connectivity index (χ4n) is 2.36. The second-order valence-corrected chi connectivity index (χ2v) is 5.65. The van der Waals surface area contributed by atoms with Crippen molar-refractivity contribution in [2.24, 2.45) is 32.7 Å². The van der Waals surface area contributed by atoms with E-state index in [1.54, 1.807) is 6.08 Å². The molecule has 6 heteroatoms. The highest BCUT2D eigenvalue weighted by Crippen LogP contribution is 2.22. The van der Waals surface area contributed by atoms with Crippen molar-refractivity contribution in [2.45, 2.75) is 46.1 Å². The van der Waals surface area contributed by atoms with Crippen LogP contribution in [0.3, 0.4) is 0 Å². The lowest BCUT2D eigenvalue weighted by Crippen LogP contribution is -2.20. The van der Waals surface area contributed by atoms with Gasteiger partial charge in [-0.05, 0) is 30.6 Å². The number of carbonyl (C=O) groups excluding carboxylic acids is 3. The van der Waals surface area contributed by atoms with Crippen LogP contribution < -0.4 is 0 Å². The summed E-state index contributed by atoms with van der Waals surface area (Å²) in [5, 5.41) is 0. The molecular formula is C15H23N3O3. The topological polar surface area (TPSA) is 88.3 Å². The van der Waals surface area contributed by atoms with Gasteiger partial charge in [0.25, 0.3) is 0 Å². The van der Waals surface area contributed by atoms with Crippen molar-refractivity contribution in [3.63, 3.8) is 0 Å². The molecule has 21 heavy (non-hydrogen) atoms. The van der Waals surface area contributed by atoms with Gasteiger partial charge in [0.15, 0.2) is 0 Å². The smallest absolute Gasteiger partial charge is 0.211 e. The molecule has 116 valence electrons. The number of aliphatic imine (C=N–C) groups is 3. The van der Waals surface area contributed by atoms with Crippen LogP contribution in [0.5, 0.6) is 0 Å². The normalized spacial score (nSPS) is 15.6. The highest BCUT2D eigenvalue weighted by Gasteiger charge is 2.18. The molecule has 0 aliphatic heterocycles. The van der Waals surface area contributed by atoms with E-state index in [1.807, 2.05) is 6.92 Å². The van der Waals surface area contributed by atoms with Gasteiger partial charge < -0.3 is 0 Å². The van der Waals surface area contributed by atoms with Gasteiger partial charge in [-0.3, -0.25) is 0 Å². The zero-order chi connectivity index (χ0) is 16.1. The Morgan fingerprint density at radius 1 is 0.810 bits per heavy atom. The van der Waals surface area contributed by atoms with Crippen LogP contribution in [0, 0.1) is 17.8 Å². The molecular weight excluding hydrogens is 270 g/mol. The van der Waals surface area contributed by atoms with E-state index < -0.39 is 0 Å². The number of nitrogens with zero attached hydrogens (tertiary/aromatic N) is 3. The van der Waals surface area contributed by atoms with Gasteiger partial charge in [0, 0.05) is 0 Å². The Hall–Kier alpha value is -1.86. The highest BCUT2D eigenvalue weighted by molar-refractivity contribution is 5.35. The Morgan fingerprint density at radius 3 is 2.00 bits per heavy atom. The van der Waals surface area contributed by atoms with Crippen molar-refractivity contribution < 1.29 is 14.4 Å². The van der Waals surface area contributed by atoms with Gasteiger partial charge in [0.1, 0.15) is 0 Å². The molecule has 0 N–H and O–H groups in total. The average molecular weight is 293 g/mol. The maximum Gasteiger partial charge on any atom is 0.235 e. The predicted octanol–water partition coefficient (Wildman–Crippen LogP) is 2.44. The molecule has 0 radical (unpaired) electrons. The van der Waals surface area contributed by atoms with Crippen LogP contribution in [0.1, 0.15) is 40.0 Å². The number of hydrogen-bond acceptors (Lipinski definition) is 6. The molecule has 0 aliphatic carbocycles. The Bertz CT molecular complexity index is 433. The van der Waals surface area contributed by atoms with Gasteiger partial charge in [-0.2, -0.15) is 0 Å². The minimum Gasteiger partial charge on any atom is -0.211 e. The lowest BCUT2D eigenvalue weighted by atomic mass is 9.88. The van der Waals surface area contributed by atoms with Crippen LogP contribution in [-0.4, -0.2) is 37.4 Å². The molecule has 0 spiro atoms. The van der Waals surface area contributed by atoms with Gasteiger partial charge in [-0.1, -0.05) is 27.2 Å². The van der Waals surface area contributed by atoms with E-state index in [-0.39, 0.29) is 18.5 Å². The van der Waals surface area contributed by atoms with Gasteiger partial charge in [-0.25, -0.2) is 29.4 Å². The zero-order valence-electron chi connectivity index (χ0n) is 12.9. The third kappa shape index (κ3) is 9.64. The van der Waals surface area contributed by atoms with Crippen LogP contribution in [0.4, 0.5) is 0 Å². The Kier molecular flexibility index (Phi) is 10.9. The summed E-state index contributed by atoms with van der Waals surface area (Å²) in [6.07, 6.45) is 7.40. The Morgan fingerprint density at radius 2 is 1.43 bits per heavy atom. The van der Waals surface area contributed by atoms with Crippen LogP contribution in [-0.2, 0) is 14.4 Å². The van der Waals surface area contributed by atoms with Crippen molar-refractivity contribution in [1.29, 1.82) is 0 Å². The number of rotatable bonds is 11.